The zero-order valence-corrected chi connectivity index (χ0v) is 17.3. The summed E-state index contributed by atoms with van der Waals surface area (Å²) < 4.78 is 15.1. The Morgan fingerprint density at radius 2 is 1.97 bits per heavy atom. The summed E-state index contributed by atoms with van der Waals surface area (Å²) in [6, 6.07) is 10.1. The van der Waals surface area contributed by atoms with Crippen LogP contribution in [0.5, 0.6) is 0 Å². The molecule has 0 bridgehead atoms. The highest BCUT2D eigenvalue weighted by atomic mass is 32.1. The number of hydrogen-bond donors (Lipinski definition) is 1. The summed E-state index contributed by atoms with van der Waals surface area (Å²) in [6.07, 6.45) is 4.03. The van der Waals surface area contributed by atoms with Crippen LogP contribution in [-0.4, -0.2) is 20.3 Å². The number of aryl methyl sites for hydroxylation is 2. The zero-order chi connectivity index (χ0) is 20.5. The van der Waals surface area contributed by atoms with Gasteiger partial charge in [-0.3, -0.25) is 4.79 Å². The minimum absolute atomic E-state index is 0.0882. The van der Waals surface area contributed by atoms with E-state index in [1.807, 2.05) is 49.7 Å². The number of halogens is 1. The van der Waals surface area contributed by atoms with Crippen molar-refractivity contribution >= 4 is 22.9 Å². The van der Waals surface area contributed by atoms with Gasteiger partial charge in [0.05, 0.1) is 28.7 Å². The Morgan fingerprint density at radius 1 is 1.21 bits per heavy atom. The molecule has 0 aliphatic heterocycles. The minimum atomic E-state index is -0.273. The van der Waals surface area contributed by atoms with Gasteiger partial charge in [0.2, 0.25) is 5.91 Å². The molecule has 4 rings (SSSR count). The van der Waals surface area contributed by atoms with Gasteiger partial charge in [-0.1, -0.05) is 6.07 Å². The number of aromatic nitrogens is 3. The van der Waals surface area contributed by atoms with Crippen molar-refractivity contribution in [3.8, 4) is 10.6 Å². The van der Waals surface area contributed by atoms with Crippen molar-refractivity contribution in [2.45, 2.75) is 33.2 Å². The van der Waals surface area contributed by atoms with Crippen LogP contribution < -0.4 is 5.32 Å². The largest absolute Gasteiger partial charge is 0.348 e. The van der Waals surface area contributed by atoms with Gasteiger partial charge in [0.25, 0.3) is 0 Å². The molecule has 1 amide bonds. The number of hydrogen-bond acceptors (Lipinski definition) is 4. The summed E-state index contributed by atoms with van der Waals surface area (Å²) in [5.74, 6) is -0.361. The molecular formula is C22H21FN4OS. The number of imidazole rings is 1. The molecule has 29 heavy (non-hydrogen) atoms. The smallest absolute Gasteiger partial charge is 0.226 e. The average Bonchev–Trinajstić information content (AvgIpc) is 3.26. The van der Waals surface area contributed by atoms with E-state index in [0.29, 0.717) is 0 Å². The summed E-state index contributed by atoms with van der Waals surface area (Å²) in [4.78, 5) is 22.7. The van der Waals surface area contributed by atoms with Crippen molar-refractivity contribution in [1.82, 2.24) is 19.7 Å². The number of benzene rings is 1. The third-order valence-electron chi connectivity index (χ3n) is 4.76. The first kappa shape index (κ1) is 19.3. The van der Waals surface area contributed by atoms with E-state index >= 15 is 0 Å². The van der Waals surface area contributed by atoms with E-state index in [0.717, 1.165) is 38.0 Å². The first-order valence-electron chi connectivity index (χ1n) is 9.36. The van der Waals surface area contributed by atoms with Gasteiger partial charge in [-0.15, -0.1) is 11.3 Å². The number of carbonyl (C=O) groups is 1. The molecule has 0 saturated carbocycles. The number of nitrogens with zero attached hydrogens (tertiary/aromatic N) is 3. The van der Waals surface area contributed by atoms with Crippen molar-refractivity contribution in [1.29, 1.82) is 0 Å². The number of amides is 1. The number of carbonyl (C=O) groups excluding carboxylic acids is 1. The molecule has 1 aromatic carbocycles. The van der Waals surface area contributed by atoms with Crippen molar-refractivity contribution < 1.29 is 9.18 Å². The van der Waals surface area contributed by atoms with Gasteiger partial charge < -0.3 is 9.72 Å². The predicted molar refractivity (Wildman–Crippen MR) is 112 cm³/mol. The van der Waals surface area contributed by atoms with Gasteiger partial charge in [0.1, 0.15) is 16.5 Å². The summed E-state index contributed by atoms with van der Waals surface area (Å²) in [5, 5.41) is 3.85. The molecule has 0 aliphatic carbocycles. The third kappa shape index (κ3) is 4.05. The molecule has 0 radical (unpaired) electrons. The fourth-order valence-electron chi connectivity index (χ4n) is 3.34. The number of rotatable bonds is 5. The standard InChI is InChI=1S/C22H21FN4OS/c1-13-5-4-10-27-12-18(26-21(13)27)11-19(28)24-14(2)20-15(3)25-22(29-20)16-6-8-17(23)9-7-16/h4-10,12,14H,11H2,1-3H3,(H,24,28). The molecule has 0 fully saturated rings. The Hall–Kier alpha value is -3.06. The third-order valence-corrected chi connectivity index (χ3v) is 6.15. The lowest BCUT2D eigenvalue weighted by Crippen LogP contribution is -2.28. The van der Waals surface area contributed by atoms with Gasteiger partial charge in [-0.05, 0) is 56.7 Å². The summed E-state index contributed by atoms with van der Waals surface area (Å²) >= 11 is 1.51. The minimum Gasteiger partial charge on any atom is -0.348 e. The fourth-order valence-corrected chi connectivity index (χ4v) is 4.41. The molecule has 5 nitrogen and oxygen atoms in total. The monoisotopic (exact) mass is 408 g/mol. The Kier molecular flexibility index (Phi) is 5.15. The maximum absolute atomic E-state index is 13.2. The van der Waals surface area contributed by atoms with Gasteiger partial charge in [-0.2, -0.15) is 0 Å². The molecule has 0 aliphatic rings. The van der Waals surface area contributed by atoms with Crippen LogP contribution in [0.4, 0.5) is 4.39 Å². The number of fused-ring (bicyclic) bond motifs is 1. The zero-order valence-electron chi connectivity index (χ0n) is 16.4. The van der Waals surface area contributed by atoms with Crippen LogP contribution in [0.15, 0.2) is 48.8 Å². The second-order valence-electron chi connectivity index (χ2n) is 7.10. The highest BCUT2D eigenvalue weighted by molar-refractivity contribution is 7.15. The van der Waals surface area contributed by atoms with Gasteiger partial charge in [0.15, 0.2) is 0 Å². The van der Waals surface area contributed by atoms with E-state index < -0.39 is 0 Å². The predicted octanol–water partition coefficient (Wildman–Crippen LogP) is 4.63. The Balaban J connectivity index is 1.47. The van der Waals surface area contributed by atoms with Crippen LogP contribution in [0.3, 0.4) is 0 Å². The normalized spacial score (nSPS) is 12.3. The highest BCUT2D eigenvalue weighted by Crippen LogP contribution is 2.31. The van der Waals surface area contributed by atoms with Gasteiger partial charge in [-0.25, -0.2) is 14.4 Å². The van der Waals surface area contributed by atoms with Crippen molar-refractivity contribution in [3.63, 3.8) is 0 Å². The van der Waals surface area contributed by atoms with Crippen LogP contribution in [0.1, 0.15) is 34.8 Å². The van der Waals surface area contributed by atoms with E-state index in [-0.39, 0.29) is 24.2 Å². The van der Waals surface area contributed by atoms with Crippen molar-refractivity contribution in [2.24, 2.45) is 0 Å². The molecule has 4 aromatic rings. The fraction of sp³-hybridized carbons (Fsp3) is 0.227. The molecule has 1 unspecified atom stereocenters. The second kappa shape index (κ2) is 7.75. The number of thiazole rings is 1. The average molecular weight is 409 g/mol. The number of nitrogens with one attached hydrogen (secondary N) is 1. The number of pyridine rings is 1. The highest BCUT2D eigenvalue weighted by Gasteiger charge is 2.18. The van der Waals surface area contributed by atoms with E-state index in [1.54, 1.807) is 12.1 Å². The lowest BCUT2D eigenvalue weighted by atomic mass is 10.2. The van der Waals surface area contributed by atoms with E-state index in [4.69, 9.17) is 0 Å². The maximum Gasteiger partial charge on any atom is 0.226 e. The van der Waals surface area contributed by atoms with Crippen LogP contribution in [0.25, 0.3) is 16.2 Å². The molecule has 148 valence electrons. The molecule has 1 N–H and O–H groups in total. The lowest BCUT2D eigenvalue weighted by Gasteiger charge is -2.12. The first-order chi connectivity index (χ1) is 13.9. The summed E-state index contributed by atoms with van der Waals surface area (Å²) in [5.41, 5.74) is 4.40. The van der Waals surface area contributed by atoms with Gasteiger partial charge >= 0.3 is 0 Å². The Morgan fingerprint density at radius 3 is 2.69 bits per heavy atom. The SMILES string of the molecule is Cc1nc(-c2ccc(F)cc2)sc1C(C)NC(=O)Cc1cn2cccc(C)c2n1. The lowest BCUT2D eigenvalue weighted by molar-refractivity contribution is -0.121. The molecule has 7 heteroatoms. The van der Waals surface area contributed by atoms with E-state index in [9.17, 15) is 9.18 Å². The van der Waals surface area contributed by atoms with Crippen molar-refractivity contribution in [2.75, 3.05) is 0 Å². The maximum atomic E-state index is 13.2. The first-order valence-corrected chi connectivity index (χ1v) is 10.2. The Bertz CT molecular complexity index is 1180. The van der Waals surface area contributed by atoms with Gasteiger partial charge in [0, 0.05) is 18.0 Å². The van der Waals surface area contributed by atoms with Crippen molar-refractivity contribution in [3.05, 3.63) is 76.4 Å². The van der Waals surface area contributed by atoms with Crippen LogP contribution in [0.2, 0.25) is 0 Å². The topological polar surface area (TPSA) is 59.3 Å². The molecule has 0 saturated heterocycles. The summed E-state index contributed by atoms with van der Waals surface area (Å²) in [6.45, 7) is 5.87. The molecule has 1 atom stereocenters. The molecule has 3 heterocycles. The molecular weight excluding hydrogens is 387 g/mol. The van der Waals surface area contributed by atoms with Crippen LogP contribution >= 0.6 is 11.3 Å². The second-order valence-corrected chi connectivity index (χ2v) is 8.13. The molecule has 0 spiro atoms. The molecule has 3 aromatic heterocycles. The van der Waals surface area contributed by atoms with E-state index in [1.165, 1.54) is 23.5 Å². The van der Waals surface area contributed by atoms with Crippen LogP contribution in [-0.2, 0) is 11.2 Å². The summed E-state index contributed by atoms with van der Waals surface area (Å²) in [7, 11) is 0. The van der Waals surface area contributed by atoms with Crippen LogP contribution in [0, 0.1) is 19.7 Å². The van der Waals surface area contributed by atoms with E-state index in [2.05, 4.69) is 15.3 Å². The Labute approximate surface area is 172 Å². The quantitative estimate of drug-likeness (QED) is 0.524.